The molecule has 0 aromatic carbocycles. The van der Waals surface area contributed by atoms with Crippen molar-refractivity contribution < 1.29 is 14.3 Å². The quantitative estimate of drug-likeness (QED) is 0.739. The van der Waals surface area contributed by atoms with Gasteiger partial charge in [-0.1, -0.05) is 6.42 Å². The van der Waals surface area contributed by atoms with E-state index in [9.17, 15) is 4.79 Å². The van der Waals surface area contributed by atoms with Gasteiger partial charge in [-0.2, -0.15) is 0 Å². The number of fused-ring (bicyclic) bond motifs is 1. The smallest absolute Gasteiger partial charge is 0.410 e. The summed E-state index contributed by atoms with van der Waals surface area (Å²) in [6.07, 6.45) is 8.22. The van der Waals surface area contributed by atoms with Crippen LogP contribution in [0.4, 0.5) is 4.79 Å². The molecule has 1 aromatic heterocycles. The molecule has 2 aliphatic heterocycles. The molecule has 0 aliphatic carbocycles. The number of pyridine rings is 1. The monoisotopic (exact) mass is 375 g/mol. The van der Waals surface area contributed by atoms with E-state index in [0.717, 1.165) is 70.8 Å². The highest BCUT2D eigenvalue weighted by Crippen LogP contribution is 2.25. The highest BCUT2D eigenvalue weighted by Gasteiger charge is 2.24. The van der Waals surface area contributed by atoms with Crippen LogP contribution in [-0.4, -0.2) is 48.3 Å². The van der Waals surface area contributed by atoms with Gasteiger partial charge in [0.2, 0.25) is 5.88 Å². The highest BCUT2D eigenvalue weighted by atomic mass is 16.6. The number of nitrogens with one attached hydrogen (secondary N) is 1. The number of carbonyl (C=O) groups is 1. The van der Waals surface area contributed by atoms with Crippen LogP contribution in [0.2, 0.25) is 0 Å². The van der Waals surface area contributed by atoms with Gasteiger partial charge in [0.25, 0.3) is 0 Å². The second-order valence-electron chi connectivity index (χ2n) is 7.89. The lowest BCUT2D eigenvalue weighted by molar-refractivity contribution is 0.0645. The van der Waals surface area contributed by atoms with Crippen LogP contribution >= 0.6 is 0 Å². The van der Waals surface area contributed by atoms with Crippen LogP contribution in [0.1, 0.15) is 57.1 Å². The third-order valence-electron chi connectivity index (χ3n) is 5.44. The van der Waals surface area contributed by atoms with Crippen molar-refractivity contribution in [1.82, 2.24) is 15.2 Å². The third kappa shape index (κ3) is 5.83. The van der Waals surface area contributed by atoms with Crippen molar-refractivity contribution >= 4 is 6.09 Å². The number of unbranched alkanes of at least 4 members (excludes halogenated alkanes) is 1. The molecule has 1 saturated heterocycles. The molecule has 0 unspecified atom stereocenters. The first-order valence-electron chi connectivity index (χ1n) is 10.4. The summed E-state index contributed by atoms with van der Waals surface area (Å²) in [5, 5.41) is 3.38. The van der Waals surface area contributed by atoms with E-state index >= 15 is 0 Å². The van der Waals surface area contributed by atoms with E-state index in [1.54, 1.807) is 0 Å². The molecule has 0 saturated carbocycles. The summed E-state index contributed by atoms with van der Waals surface area (Å²) in [5.41, 5.74) is 2.59. The fourth-order valence-electron chi connectivity index (χ4n) is 3.89. The van der Waals surface area contributed by atoms with Crippen LogP contribution in [0.3, 0.4) is 0 Å². The minimum Gasteiger partial charge on any atom is -0.477 e. The number of likely N-dealkylation sites (tertiary alicyclic amines) is 1. The molecule has 0 atom stereocenters. The molecule has 6 heteroatoms. The Morgan fingerprint density at radius 1 is 1.33 bits per heavy atom. The molecular formula is C21H33N3O3. The van der Waals surface area contributed by atoms with Crippen molar-refractivity contribution in [3.8, 4) is 5.88 Å². The van der Waals surface area contributed by atoms with Crippen molar-refractivity contribution in [3.05, 3.63) is 23.4 Å². The van der Waals surface area contributed by atoms with Crippen LogP contribution in [0.15, 0.2) is 12.3 Å². The van der Waals surface area contributed by atoms with E-state index in [-0.39, 0.29) is 12.2 Å². The zero-order chi connectivity index (χ0) is 19.1. The Balaban J connectivity index is 1.31. The summed E-state index contributed by atoms with van der Waals surface area (Å²) in [4.78, 5) is 18.2. The molecule has 6 nitrogen and oxygen atoms in total. The lowest BCUT2D eigenvalue weighted by Gasteiger charge is -2.31. The second-order valence-corrected chi connectivity index (χ2v) is 7.89. The van der Waals surface area contributed by atoms with Gasteiger partial charge in [-0.05, 0) is 70.0 Å². The maximum absolute atomic E-state index is 11.9. The SMILES string of the molecule is CC(C)OC(=O)N1CCC(CCCCOc2nccc3c2CCNC3)CC1. The Labute approximate surface area is 162 Å². The molecule has 0 bridgehead atoms. The molecule has 1 N–H and O–H groups in total. The predicted octanol–water partition coefficient (Wildman–Crippen LogP) is 3.53. The van der Waals surface area contributed by atoms with Crippen molar-refractivity contribution in [1.29, 1.82) is 0 Å². The number of ether oxygens (including phenoxy) is 2. The number of rotatable bonds is 7. The summed E-state index contributed by atoms with van der Waals surface area (Å²) in [6, 6.07) is 2.08. The molecule has 2 aliphatic rings. The molecule has 27 heavy (non-hydrogen) atoms. The minimum atomic E-state index is -0.161. The van der Waals surface area contributed by atoms with Gasteiger partial charge in [-0.25, -0.2) is 9.78 Å². The topological polar surface area (TPSA) is 63.7 Å². The number of nitrogens with zero attached hydrogens (tertiary/aromatic N) is 2. The van der Waals surface area contributed by atoms with Crippen LogP contribution in [-0.2, 0) is 17.7 Å². The Morgan fingerprint density at radius 2 is 2.15 bits per heavy atom. The molecule has 0 radical (unpaired) electrons. The van der Waals surface area contributed by atoms with Gasteiger partial charge in [0.15, 0.2) is 0 Å². The number of carbonyl (C=O) groups excluding carboxylic acids is 1. The second kappa shape index (κ2) is 9.93. The first-order valence-corrected chi connectivity index (χ1v) is 10.4. The summed E-state index contributed by atoms with van der Waals surface area (Å²) in [6.45, 7) is 8.07. The van der Waals surface area contributed by atoms with E-state index in [2.05, 4.69) is 16.4 Å². The lowest BCUT2D eigenvalue weighted by atomic mass is 9.92. The van der Waals surface area contributed by atoms with Crippen LogP contribution in [0.25, 0.3) is 0 Å². The number of aromatic nitrogens is 1. The zero-order valence-corrected chi connectivity index (χ0v) is 16.7. The van der Waals surface area contributed by atoms with E-state index < -0.39 is 0 Å². The van der Waals surface area contributed by atoms with Crippen LogP contribution < -0.4 is 10.1 Å². The third-order valence-corrected chi connectivity index (χ3v) is 5.44. The van der Waals surface area contributed by atoms with E-state index in [1.807, 2.05) is 24.9 Å². The van der Waals surface area contributed by atoms with Crippen LogP contribution in [0.5, 0.6) is 5.88 Å². The van der Waals surface area contributed by atoms with E-state index in [0.29, 0.717) is 5.92 Å². The van der Waals surface area contributed by atoms with Crippen LogP contribution in [0, 0.1) is 5.92 Å². The lowest BCUT2D eigenvalue weighted by Crippen LogP contribution is -2.39. The van der Waals surface area contributed by atoms with Gasteiger partial charge in [-0.15, -0.1) is 0 Å². The number of piperidine rings is 1. The van der Waals surface area contributed by atoms with Gasteiger partial charge in [0.05, 0.1) is 12.7 Å². The summed E-state index contributed by atoms with van der Waals surface area (Å²) in [5.74, 6) is 1.53. The highest BCUT2D eigenvalue weighted by molar-refractivity contribution is 5.67. The Morgan fingerprint density at radius 3 is 2.93 bits per heavy atom. The molecule has 3 rings (SSSR count). The fourth-order valence-corrected chi connectivity index (χ4v) is 3.89. The number of hydrogen-bond acceptors (Lipinski definition) is 5. The van der Waals surface area contributed by atoms with Crippen molar-refractivity contribution in [2.75, 3.05) is 26.2 Å². The molecule has 1 aromatic rings. The normalized spacial score (nSPS) is 17.7. The maximum atomic E-state index is 11.9. The molecule has 0 spiro atoms. The van der Waals surface area contributed by atoms with Crippen molar-refractivity contribution in [3.63, 3.8) is 0 Å². The number of hydrogen-bond donors (Lipinski definition) is 1. The van der Waals surface area contributed by atoms with Gasteiger partial charge in [-0.3, -0.25) is 0 Å². The van der Waals surface area contributed by atoms with E-state index in [4.69, 9.17) is 9.47 Å². The first-order chi connectivity index (χ1) is 13.1. The molecule has 1 fully saturated rings. The summed E-state index contributed by atoms with van der Waals surface area (Å²) < 4.78 is 11.3. The standard InChI is InChI=1S/C21H33N3O3/c1-16(2)27-21(25)24-12-8-17(9-13-24)5-3-4-14-26-20-19-7-10-22-15-18(19)6-11-23-20/h6,11,16-17,22H,3-5,7-10,12-15H2,1-2H3. The number of amides is 1. The first kappa shape index (κ1) is 19.9. The molecule has 150 valence electrons. The average molecular weight is 376 g/mol. The Bertz CT molecular complexity index is 613. The Kier molecular flexibility index (Phi) is 7.33. The van der Waals surface area contributed by atoms with E-state index in [1.165, 1.54) is 17.5 Å². The van der Waals surface area contributed by atoms with Gasteiger partial charge < -0.3 is 19.7 Å². The Hall–Kier alpha value is -1.82. The summed E-state index contributed by atoms with van der Waals surface area (Å²) >= 11 is 0. The molecule has 3 heterocycles. The largest absolute Gasteiger partial charge is 0.477 e. The minimum absolute atomic E-state index is 0.0452. The zero-order valence-electron chi connectivity index (χ0n) is 16.7. The molecule has 1 amide bonds. The fraction of sp³-hybridized carbons (Fsp3) is 0.714. The summed E-state index contributed by atoms with van der Waals surface area (Å²) in [7, 11) is 0. The van der Waals surface area contributed by atoms with Gasteiger partial charge in [0.1, 0.15) is 0 Å². The van der Waals surface area contributed by atoms with Crippen molar-refractivity contribution in [2.24, 2.45) is 5.92 Å². The van der Waals surface area contributed by atoms with Crippen molar-refractivity contribution in [2.45, 2.75) is 65.0 Å². The predicted molar refractivity (Wildman–Crippen MR) is 105 cm³/mol. The average Bonchev–Trinajstić information content (AvgIpc) is 2.68. The maximum Gasteiger partial charge on any atom is 0.410 e. The van der Waals surface area contributed by atoms with Gasteiger partial charge >= 0.3 is 6.09 Å². The van der Waals surface area contributed by atoms with Gasteiger partial charge in [0, 0.05) is 31.4 Å². The molecular weight excluding hydrogens is 342 g/mol.